The molecule has 2 aromatic carbocycles. The summed E-state index contributed by atoms with van der Waals surface area (Å²) >= 11 is 25.5. The van der Waals surface area contributed by atoms with E-state index in [0.717, 1.165) is 6.07 Å². The topological polar surface area (TPSA) is 49.4 Å². The first-order valence-electron chi connectivity index (χ1n) is 9.48. The standard InChI is InChI=1S/C21H14Cl4F4N4O/c1-33-20(25,31-19(24,32-33)17-14(22)3-2-4-16(17)26)11-5-7-13(8-6-11)34-18-15(23)9-12(10-30-18)21(27,28)29/h2-10,31-32H,1H3. The fraction of sp³-hybridized carbons (Fsp3) is 0.190. The molecule has 5 nitrogen and oxygen atoms in total. The summed E-state index contributed by atoms with van der Waals surface area (Å²) in [6, 6.07) is 11.1. The second-order valence-electron chi connectivity index (χ2n) is 7.31. The number of hydrogen-bond acceptors (Lipinski definition) is 5. The average molecular weight is 556 g/mol. The summed E-state index contributed by atoms with van der Waals surface area (Å²) in [4.78, 5) is 3.64. The van der Waals surface area contributed by atoms with Crippen LogP contribution in [0.1, 0.15) is 16.7 Å². The molecule has 2 atom stereocenters. The van der Waals surface area contributed by atoms with Crippen molar-refractivity contribution in [2.45, 2.75) is 16.4 Å². The van der Waals surface area contributed by atoms with Crippen molar-refractivity contribution in [2.24, 2.45) is 0 Å². The third kappa shape index (κ3) is 4.66. The van der Waals surface area contributed by atoms with Crippen molar-refractivity contribution in [1.29, 1.82) is 0 Å². The lowest BCUT2D eigenvalue weighted by Crippen LogP contribution is -2.45. The van der Waals surface area contributed by atoms with Crippen LogP contribution in [-0.2, 0) is 16.4 Å². The number of hydrazine groups is 1. The van der Waals surface area contributed by atoms with Crippen molar-refractivity contribution in [3.63, 3.8) is 0 Å². The Morgan fingerprint density at radius 3 is 2.29 bits per heavy atom. The molecule has 1 fully saturated rings. The summed E-state index contributed by atoms with van der Waals surface area (Å²) in [5.74, 6) is -0.600. The molecule has 0 radical (unpaired) electrons. The summed E-state index contributed by atoms with van der Waals surface area (Å²) in [5.41, 5.74) is 2.34. The number of nitrogens with one attached hydrogen (secondary N) is 2. The maximum Gasteiger partial charge on any atom is 0.417 e. The van der Waals surface area contributed by atoms with Gasteiger partial charge in [0.05, 0.1) is 16.1 Å². The maximum absolute atomic E-state index is 14.5. The van der Waals surface area contributed by atoms with Gasteiger partial charge in [-0.25, -0.2) is 25.1 Å². The molecule has 13 heteroatoms. The van der Waals surface area contributed by atoms with Gasteiger partial charge in [0.15, 0.2) is 10.2 Å². The van der Waals surface area contributed by atoms with Crippen LogP contribution < -0.4 is 15.5 Å². The normalized spacial score (nSPS) is 23.3. The van der Waals surface area contributed by atoms with Crippen molar-refractivity contribution in [3.05, 3.63) is 87.3 Å². The minimum atomic E-state index is -4.58. The molecule has 0 amide bonds. The van der Waals surface area contributed by atoms with E-state index in [1.807, 2.05) is 0 Å². The van der Waals surface area contributed by atoms with Crippen molar-refractivity contribution in [2.75, 3.05) is 7.05 Å². The number of nitrogens with zero attached hydrogens (tertiary/aromatic N) is 2. The van der Waals surface area contributed by atoms with Gasteiger partial charge in [-0.2, -0.15) is 13.2 Å². The van der Waals surface area contributed by atoms with Crippen LogP contribution in [0.4, 0.5) is 17.6 Å². The molecule has 1 aliphatic heterocycles. The number of ether oxygens (including phenoxy) is 1. The van der Waals surface area contributed by atoms with Crippen LogP contribution in [0.2, 0.25) is 10.0 Å². The van der Waals surface area contributed by atoms with Gasteiger partial charge in [-0.3, -0.25) is 0 Å². The zero-order valence-corrected chi connectivity index (χ0v) is 20.0. The zero-order chi connectivity index (χ0) is 24.9. The highest BCUT2D eigenvalue weighted by Crippen LogP contribution is 2.44. The Bertz CT molecular complexity index is 1210. The molecule has 1 aliphatic rings. The molecule has 0 spiro atoms. The van der Waals surface area contributed by atoms with Gasteiger partial charge < -0.3 is 4.74 Å². The Balaban J connectivity index is 1.57. The number of pyridine rings is 1. The lowest BCUT2D eigenvalue weighted by molar-refractivity contribution is -0.137. The highest BCUT2D eigenvalue weighted by Gasteiger charge is 2.53. The van der Waals surface area contributed by atoms with E-state index in [2.05, 4.69) is 15.7 Å². The highest BCUT2D eigenvalue weighted by molar-refractivity contribution is 6.34. The fourth-order valence-corrected chi connectivity index (χ4v) is 4.74. The molecule has 1 saturated heterocycles. The van der Waals surface area contributed by atoms with Gasteiger partial charge in [-0.1, -0.05) is 64.6 Å². The Kier molecular flexibility index (Phi) is 6.67. The van der Waals surface area contributed by atoms with E-state index in [1.54, 1.807) is 19.2 Å². The van der Waals surface area contributed by atoms with Crippen LogP contribution in [0.15, 0.2) is 54.7 Å². The van der Waals surface area contributed by atoms with Gasteiger partial charge in [-0.05, 0) is 30.3 Å². The maximum atomic E-state index is 14.5. The van der Waals surface area contributed by atoms with E-state index in [-0.39, 0.29) is 27.2 Å². The Labute approximate surface area is 211 Å². The molecule has 2 N–H and O–H groups in total. The van der Waals surface area contributed by atoms with Crippen LogP contribution in [-0.4, -0.2) is 17.0 Å². The van der Waals surface area contributed by atoms with E-state index >= 15 is 0 Å². The van der Waals surface area contributed by atoms with Crippen molar-refractivity contribution >= 4 is 46.4 Å². The minimum Gasteiger partial charge on any atom is -0.438 e. The lowest BCUT2D eigenvalue weighted by atomic mass is 10.1. The summed E-state index contributed by atoms with van der Waals surface area (Å²) in [6.45, 7) is 0. The molecule has 2 heterocycles. The van der Waals surface area contributed by atoms with Crippen LogP contribution in [0, 0.1) is 5.82 Å². The number of halogens is 8. The second kappa shape index (κ2) is 8.98. The van der Waals surface area contributed by atoms with Gasteiger partial charge in [0, 0.05) is 18.8 Å². The summed E-state index contributed by atoms with van der Waals surface area (Å²) < 4.78 is 58.4. The number of alkyl halides is 5. The molecule has 0 aliphatic carbocycles. The number of aromatic nitrogens is 1. The summed E-state index contributed by atoms with van der Waals surface area (Å²) in [6.07, 6.45) is -3.95. The van der Waals surface area contributed by atoms with E-state index in [9.17, 15) is 17.6 Å². The average Bonchev–Trinajstić information content (AvgIpc) is 2.98. The zero-order valence-electron chi connectivity index (χ0n) is 17.0. The molecular weight excluding hydrogens is 542 g/mol. The summed E-state index contributed by atoms with van der Waals surface area (Å²) in [5, 5.41) is 1.08. The van der Waals surface area contributed by atoms with Crippen molar-refractivity contribution < 1.29 is 22.3 Å². The quantitative estimate of drug-likeness (QED) is 0.211. The summed E-state index contributed by atoms with van der Waals surface area (Å²) in [7, 11) is 1.59. The van der Waals surface area contributed by atoms with Crippen molar-refractivity contribution in [3.8, 4) is 11.6 Å². The first-order valence-corrected chi connectivity index (χ1v) is 11.0. The number of rotatable bonds is 4. The first-order chi connectivity index (χ1) is 15.8. The molecule has 2 unspecified atom stereocenters. The van der Waals surface area contributed by atoms with Gasteiger partial charge in [0.1, 0.15) is 16.6 Å². The third-order valence-electron chi connectivity index (χ3n) is 5.02. The van der Waals surface area contributed by atoms with Crippen LogP contribution in [0.5, 0.6) is 11.6 Å². The number of hydrogen-bond donors (Lipinski definition) is 2. The Morgan fingerprint density at radius 1 is 1.03 bits per heavy atom. The van der Waals surface area contributed by atoms with Crippen molar-refractivity contribution in [1.82, 2.24) is 20.7 Å². The smallest absolute Gasteiger partial charge is 0.417 e. The van der Waals surface area contributed by atoms with E-state index in [1.165, 1.54) is 35.3 Å². The van der Waals surface area contributed by atoms with Crippen LogP contribution in [0.25, 0.3) is 0 Å². The van der Waals surface area contributed by atoms with Crippen LogP contribution >= 0.6 is 46.4 Å². The monoisotopic (exact) mass is 554 g/mol. The second-order valence-corrected chi connectivity index (χ2v) is 9.24. The highest BCUT2D eigenvalue weighted by atomic mass is 35.5. The molecule has 0 bridgehead atoms. The van der Waals surface area contributed by atoms with E-state index < -0.39 is 27.8 Å². The molecular formula is C21H14Cl4F4N4O. The molecule has 4 rings (SSSR count). The van der Waals surface area contributed by atoms with Crippen LogP contribution in [0.3, 0.4) is 0 Å². The molecule has 1 aromatic heterocycles. The predicted molar refractivity (Wildman–Crippen MR) is 121 cm³/mol. The predicted octanol–water partition coefficient (Wildman–Crippen LogP) is 6.78. The first kappa shape index (κ1) is 25.2. The lowest BCUT2D eigenvalue weighted by Gasteiger charge is -2.29. The molecule has 34 heavy (non-hydrogen) atoms. The van der Waals surface area contributed by atoms with Gasteiger partial charge in [0.2, 0.25) is 5.88 Å². The SMILES string of the molecule is CN1NC(Cl)(c2c(F)cccc2Cl)NC1(Cl)c1ccc(Oc2ncc(C(F)(F)F)cc2Cl)cc1. The van der Waals surface area contributed by atoms with Gasteiger partial charge in [0.25, 0.3) is 0 Å². The fourth-order valence-electron chi connectivity index (χ4n) is 3.37. The van der Waals surface area contributed by atoms with Gasteiger partial charge in [-0.15, -0.1) is 0 Å². The Morgan fingerprint density at radius 2 is 1.71 bits per heavy atom. The largest absolute Gasteiger partial charge is 0.438 e. The third-order valence-corrected chi connectivity index (χ3v) is 6.54. The van der Waals surface area contributed by atoms with Gasteiger partial charge >= 0.3 is 6.18 Å². The number of benzene rings is 2. The Hall–Kier alpha value is -1.85. The van der Waals surface area contributed by atoms with E-state index in [4.69, 9.17) is 51.1 Å². The van der Waals surface area contributed by atoms with E-state index in [0.29, 0.717) is 11.8 Å². The molecule has 3 aromatic rings. The molecule has 0 saturated carbocycles. The minimum absolute atomic E-state index is 0.0318. The molecule has 180 valence electrons.